The molecule has 40 heavy (non-hydrogen) atoms. The summed E-state index contributed by atoms with van der Waals surface area (Å²) < 4.78 is 6.77. The second-order valence-electron chi connectivity index (χ2n) is 10.2. The van der Waals surface area contributed by atoms with Gasteiger partial charge >= 0.3 is 5.97 Å². The van der Waals surface area contributed by atoms with E-state index < -0.39 is 24.3 Å². The van der Waals surface area contributed by atoms with Gasteiger partial charge in [-0.1, -0.05) is 24.3 Å². The number of phenols is 1. The fourth-order valence-corrected chi connectivity index (χ4v) is 6.44. The number of carboxylic acids is 1. The molecule has 1 atom stereocenters. The van der Waals surface area contributed by atoms with Crippen molar-refractivity contribution in [1.29, 1.82) is 0 Å². The van der Waals surface area contributed by atoms with Crippen LogP contribution in [0.5, 0.6) is 11.5 Å². The molecule has 1 aromatic heterocycles. The zero-order valence-electron chi connectivity index (χ0n) is 22.4. The molecule has 4 aromatic rings. The van der Waals surface area contributed by atoms with Crippen molar-refractivity contribution in [3.8, 4) is 21.9 Å². The van der Waals surface area contributed by atoms with Gasteiger partial charge in [0.15, 0.2) is 0 Å². The third kappa shape index (κ3) is 6.28. The minimum Gasteiger partial charge on any atom is -0.508 e. The molecule has 0 radical (unpaired) electrons. The number of nitrogens with one attached hydrogen (secondary N) is 1. The second-order valence-corrected chi connectivity index (χ2v) is 11.2. The van der Waals surface area contributed by atoms with Gasteiger partial charge in [0.2, 0.25) is 5.91 Å². The first-order chi connectivity index (χ1) is 19.3. The molecule has 1 fully saturated rings. The number of carboxylic acid groups (broad SMARTS) is 1. The molecule has 9 heteroatoms. The molecule has 0 bridgehead atoms. The highest BCUT2D eigenvalue weighted by Crippen LogP contribution is 2.41. The Morgan fingerprint density at radius 3 is 2.52 bits per heavy atom. The number of phenolic OH excluding ortho intramolecular Hbond substituents is 1. The van der Waals surface area contributed by atoms with E-state index in [1.165, 1.54) is 18.4 Å². The molecule has 0 aliphatic carbocycles. The van der Waals surface area contributed by atoms with E-state index in [0.29, 0.717) is 12.1 Å². The first kappa shape index (κ1) is 27.6. The molecule has 1 aliphatic heterocycles. The second kappa shape index (κ2) is 12.1. The summed E-state index contributed by atoms with van der Waals surface area (Å²) in [5.41, 5.74) is 10.7. The van der Waals surface area contributed by atoms with Gasteiger partial charge in [-0.05, 0) is 90.8 Å². The topological polar surface area (TPSA) is 125 Å². The Morgan fingerprint density at radius 1 is 1.07 bits per heavy atom. The number of amides is 1. The average Bonchev–Trinajstić information content (AvgIpc) is 3.57. The molecule has 1 saturated heterocycles. The Hall–Kier alpha value is -3.92. The molecule has 1 unspecified atom stereocenters. The first-order valence-electron chi connectivity index (χ1n) is 13.3. The summed E-state index contributed by atoms with van der Waals surface area (Å²) >= 11 is 1.61. The van der Waals surface area contributed by atoms with Crippen LogP contribution in [0, 0.1) is 0 Å². The number of ether oxygens (including phenoxy) is 1. The lowest BCUT2D eigenvalue weighted by molar-refractivity contribution is -0.138. The smallest absolute Gasteiger partial charge is 0.305 e. The highest BCUT2D eigenvalue weighted by atomic mass is 32.1. The van der Waals surface area contributed by atoms with Gasteiger partial charge in [-0.25, -0.2) is 0 Å². The van der Waals surface area contributed by atoms with E-state index in [1.54, 1.807) is 42.7 Å². The van der Waals surface area contributed by atoms with Gasteiger partial charge in [0.1, 0.15) is 11.5 Å². The maximum atomic E-state index is 12.2. The SMILES string of the molecule is COc1cc(Cc2c(-c3ccc(NC(=O)C(N)CC(=O)O)cc3)sc3cc(O)ccc23)ccc1CN1CCCC1. The number of aliphatic carboxylic acids is 1. The van der Waals surface area contributed by atoms with E-state index in [-0.39, 0.29) is 5.75 Å². The summed E-state index contributed by atoms with van der Waals surface area (Å²) in [7, 11) is 1.72. The van der Waals surface area contributed by atoms with Gasteiger partial charge in [0, 0.05) is 27.4 Å². The first-order valence-corrected chi connectivity index (χ1v) is 14.1. The summed E-state index contributed by atoms with van der Waals surface area (Å²) in [6.45, 7) is 3.14. The van der Waals surface area contributed by atoms with Crippen LogP contribution in [0.3, 0.4) is 0 Å². The fourth-order valence-electron chi connectivity index (χ4n) is 5.18. The van der Waals surface area contributed by atoms with Crippen molar-refractivity contribution in [2.75, 3.05) is 25.5 Å². The zero-order chi connectivity index (χ0) is 28.2. The van der Waals surface area contributed by atoms with Gasteiger partial charge < -0.3 is 26.0 Å². The van der Waals surface area contributed by atoms with Gasteiger partial charge in [-0.3, -0.25) is 14.5 Å². The lowest BCUT2D eigenvalue weighted by atomic mass is 9.97. The van der Waals surface area contributed by atoms with E-state index in [1.807, 2.05) is 18.2 Å². The van der Waals surface area contributed by atoms with E-state index in [2.05, 4.69) is 28.4 Å². The number of likely N-dealkylation sites (tertiary alicyclic amines) is 1. The fraction of sp³-hybridized carbons (Fsp3) is 0.290. The number of rotatable bonds is 10. The van der Waals surface area contributed by atoms with Gasteiger partial charge in [-0.15, -0.1) is 11.3 Å². The largest absolute Gasteiger partial charge is 0.508 e. The van der Waals surface area contributed by atoms with Crippen LogP contribution >= 0.6 is 11.3 Å². The van der Waals surface area contributed by atoms with Crippen molar-refractivity contribution >= 4 is 39.0 Å². The van der Waals surface area contributed by atoms with Crippen LogP contribution in [0.25, 0.3) is 20.5 Å². The van der Waals surface area contributed by atoms with E-state index >= 15 is 0 Å². The number of fused-ring (bicyclic) bond motifs is 1. The molecule has 1 amide bonds. The predicted octanol–water partition coefficient (Wildman–Crippen LogP) is 5.21. The Balaban J connectivity index is 1.43. The summed E-state index contributed by atoms with van der Waals surface area (Å²) in [6.07, 6.45) is 2.74. The Morgan fingerprint density at radius 2 is 1.82 bits per heavy atom. The number of anilines is 1. The monoisotopic (exact) mass is 559 g/mol. The van der Waals surface area contributed by atoms with Gasteiger partial charge in [0.25, 0.3) is 0 Å². The number of hydrogen-bond acceptors (Lipinski definition) is 7. The number of thiophene rings is 1. The number of aromatic hydroxyl groups is 1. The highest BCUT2D eigenvalue weighted by molar-refractivity contribution is 7.22. The maximum absolute atomic E-state index is 12.2. The molecule has 208 valence electrons. The van der Waals surface area contributed by atoms with Crippen LogP contribution in [0.4, 0.5) is 5.69 Å². The maximum Gasteiger partial charge on any atom is 0.305 e. The number of benzene rings is 3. The van der Waals surface area contributed by atoms with Crippen molar-refractivity contribution in [3.63, 3.8) is 0 Å². The molecule has 8 nitrogen and oxygen atoms in total. The van der Waals surface area contributed by atoms with Crippen molar-refractivity contribution in [1.82, 2.24) is 4.90 Å². The summed E-state index contributed by atoms with van der Waals surface area (Å²) in [5, 5.41) is 22.8. The normalized spacial score (nSPS) is 14.3. The molecule has 3 aromatic carbocycles. The predicted molar refractivity (Wildman–Crippen MR) is 158 cm³/mol. The Kier molecular flexibility index (Phi) is 8.35. The van der Waals surface area contributed by atoms with Crippen molar-refractivity contribution in [3.05, 3.63) is 77.4 Å². The third-order valence-electron chi connectivity index (χ3n) is 7.25. The van der Waals surface area contributed by atoms with Gasteiger partial charge in [0.05, 0.1) is 19.6 Å². The standard InChI is InChI=1S/C31H33N3O5S/c1-39-27-15-19(4-5-21(27)18-34-12-2-3-13-34)14-25-24-11-10-23(35)16-28(24)40-30(25)20-6-8-22(9-7-20)33-31(38)26(32)17-29(36)37/h4-11,15-16,26,35H,2-3,12-14,17-18,32H2,1H3,(H,33,38)(H,36,37). The minimum absolute atomic E-state index is 0.218. The van der Waals surface area contributed by atoms with Gasteiger partial charge in [-0.2, -0.15) is 0 Å². The number of methoxy groups -OCH3 is 1. The van der Waals surface area contributed by atoms with Crippen LogP contribution in [-0.4, -0.2) is 53.2 Å². The molecule has 0 spiro atoms. The molecular formula is C31H33N3O5S. The van der Waals surface area contributed by atoms with E-state index in [9.17, 15) is 14.7 Å². The molecule has 1 aliphatic rings. The van der Waals surface area contributed by atoms with E-state index in [0.717, 1.165) is 57.0 Å². The quantitative estimate of drug-likeness (QED) is 0.210. The highest BCUT2D eigenvalue weighted by Gasteiger charge is 2.19. The Bertz CT molecular complexity index is 1530. The van der Waals surface area contributed by atoms with Crippen molar-refractivity contribution in [2.24, 2.45) is 5.73 Å². The van der Waals surface area contributed by atoms with Crippen molar-refractivity contribution < 1.29 is 24.5 Å². The van der Waals surface area contributed by atoms with Crippen LogP contribution in [0.15, 0.2) is 60.7 Å². The zero-order valence-corrected chi connectivity index (χ0v) is 23.2. The summed E-state index contributed by atoms with van der Waals surface area (Å²) in [6, 6.07) is 18.2. The van der Waals surface area contributed by atoms with E-state index in [4.69, 9.17) is 15.6 Å². The Labute approximate surface area is 237 Å². The van der Waals surface area contributed by atoms with Crippen LogP contribution in [-0.2, 0) is 22.6 Å². The van der Waals surface area contributed by atoms with Crippen LogP contribution in [0.2, 0.25) is 0 Å². The number of carbonyl (C=O) groups excluding carboxylic acids is 1. The van der Waals surface area contributed by atoms with Crippen LogP contribution in [0.1, 0.15) is 36.0 Å². The number of hydrogen-bond donors (Lipinski definition) is 4. The lowest BCUT2D eigenvalue weighted by Crippen LogP contribution is -2.37. The summed E-state index contributed by atoms with van der Waals surface area (Å²) in [5.74, 6) is -0.560. The average molecular weight is 560 g/mol. The van der Waals surface area contributed by atoms with Crippen LogP contribution < -0.4 is 15.8 Å². The molecule has 2 heterocycles. The third-order valence-corrected chi connectivity index (χ3v) is 8.49. The van der Waals surface area contributed by atoms with Crippen molar-refractivity contribution in [2.45, 2.75) is 38.3 Å². The molecule has 0 saturated carbocycles. The minimum atomic E-state index is -1.13. The number of carbonyl (C=O) groups is 2. The molecular weight excluding hydrogens is 526 g/mol. The summed E-state index contributed by atoms with van der Waals surface area (Å²) in [4.78, 5) is 26.6. The lowest BCUT2D eigenvalue weighted by Gasteiger charge is -2.18. The molecule has 5 N–H and O–H groups in total. The number of nitrogens with two attached hydrogens (primary N) is 1. The number of nitrogens with zero attached hydrogens (tertiary/aromatic N) is 1. The molecule has 5 rings (SSSR count).